The van der Waals surface area contributed by atoms with Crippen molar-refractivity contribution in [3.05, 3.63) is 22.8 Å². The Kier molecular flexibility index (Phi) is 4.69. The van der Waals surface area contributed by atoms with Crippen LogP contribution >= 0.6 is 11.6 Å². The topological polar surface area (TPSA) is 28.2 Å². The lowest BCUT2D eigenvalue weighted by Crippen LogP contribution is -2.33. The fourth-order valence-electron chi connectivity index (χ4n) is 1.99. The Morgan fingerprint density at radius 3 is 2.68 bits per heavy atom. The predicted octanol–water partition coefficient (Wildman–Crippen LogP) is 3.47. The quantitative estimate of drug-likeness (QED) is 0.865. The van der Waals surface area contributed by atoms with Crippen molar-refractivity contribution in [2.45, 2.75) is 52.2 Å². The molecule has 4 heteroatoms. The number of aromatic nitrogens is 1. The molecule has 3 nitrogen and oxygen atoms in total. The average molecular weight is 282 g/mol. The molecule has 2 rings (SSSR count). The van der Waals surface area contributed by atoms with Crippen LogP contribution < -0.4 is 10.2 Å². The van der Waals surface area contributed by atoms with Gasteiger partial charge in [-0.25, -0.2) is 4.98 Å². The molecular formula is C15H24ClN3. The summed E-state index contributed by atoms with van der Waals surface area (Å²) in [6.07, 6.45) is 4.35. The maximum Gasteiger partial charge on any atom is 0.128 e. The molecule has 106 valence electrons. The second kappa shape index (κ2) is 6.10. The average Bonchev–Trinajstić information content (AvgIpc) is 3.20. The van der Waals surface area contributed by atoms with Gasteiger partial charge in [-0.15, -0.1) is 0 Å². The number of anilines is 1. The Bertz CT molecular complexity index is 429. The summed E-state index contributed by atoms with van der Waals surface area (Å²) in [6.45, 7) is 7.52. The number of nitrogens with one attached hydrogen (secondary N) is 1. The number of pyridine rings is 1. The first kappa shape index (κ1) is 14.6. The first-order valence-corrected chi connectivity index (χ1v) is 7.47. The van der Waals surface area contributed by atoms with E-state index in [-0.39, 0.29) is 0 Å². The Labute approximate surface area is 121 Å². The van der Waals surface area contributed by atoms with E-state index in [1.54, 1.807) is 6.20 Å². The summed E-state index contributed by atoms with van der Waals surface area (Å²) in [5, 5.41) is 4.25. The maximum absolute atomic E-state index is 6.23. The monoisotopic (exact) mass is 281 g/mol. The summed E-state index contributed by atoms with van der Waals surface area (Å²) in [5.74, 6) is 1.59. The van der Waals surface area contributed by atoms with E-state index in [1.807, 2.05) is 0 Å². The van der Waals surface area contributed by atoms with Gasteiger partial charge in [0.1, 0.15) is 5.82 Å². The lowest BCUT2D eigenvalue weighted by molar-refractivity contribution is 0.502. The Balaban J connectivity index is 2.09. The summed E-state index contributed by atoms with van der Waals surface area (Å²) in [7, 11) is 2.10. The molecule has 1 N–H and O–H groups in total. The molecule has 0 saturated heterocycles. The second-order valence-electron chi connectivity index (χ2n) is 5.88. The number of hydrogen-bond donors (Lipinski definition) is 1. The van der Waals surface area contributed by atoms with Gasteiger partial charge in [0.25, 0.3) is 0 Å². The van der Waals surface area contributed by atoms with Crippen LogP contribution in [0.5, 0.6) is 0 Å². The second-order valence-corrected chi connectivity index (χ2v) is 6.29. The summed E-state index contributed by atoms with van der Waals surface area (Å²) < 4.78 is 0. The van der Waals surface area contributed by atoms with Crippen LogP contribution in [0.3, 0.4) is 0 Å². The molecule has 1 aromatic heterocycles. The SMILES string of the molecule is CC(C)C(C)N(C)c1cc(CNC2CC2)c(Cl)cn1. The standard InChI is InChI=1S/C15H24ClN3/c1-10(2)11(3)19(4)15-7-12(14(16)9-18-15)8-17-13-5-6-13/h7,9-11,13,17H,5-6,8H2,1-4H3. The molecule has 1 aromatic rings. The molecule has 1 atom stereocenters. The predicted molar refractivity (Wildman–Crippen MR) is 81.8 cm³/mol. The molecule has 1 aliphatic rings. The molecule has 19 heavy (non-hydrogen) atoms. The molecule has 1 fully saturated rings. The van der Waals surface area contributed by atoms with E-state index in [1.165, 1.54) is 12.8 Å². The van der Waals surface area contributed by atoms with Gasteiger partial charge < -0.3 is 10.2 Å². The van der Waals surface area contributed by atoms with Crippen LogP contribution in [0.2, 0.25) is 5.02 Å². The summed E-state index contributed by atoms with van der Waals surface area (Å²) in [4.78, 5) is 6.68. The van der Waals surface area contributed by atoms with Gasteiger partial charge in [0.2, 0.25) is 0 Å². The van der Waals surface area contributed by atoms with E-state index in [9.17, 15) is 0 Å². The zero-order chi connectivity index (χ0) is 14.0. The largest absolute Gasteiger partial charge is 0.357 e. The summed E-state index contributed by atoms with van der Waals surface area (Å²) in [6, 6.07) is 3.26. The molecule has 1 saturated carbocycles. The highest BCUT2D eigenvalue weighted by molar-refractivity contribution is 6.31. The highest BCUT2D eigenvalue weighted by Crippen LogP contribution is 2.24. The summed E-state index contributed by atoms with van der Waals surface area (Å²) >= 11 is 6.23. The minimum absolute atomic E-state index is 0.456. The van der Waals surface area contributed by atoms with E-state index in [0.717, 1.165) is 22.9 Å². The fourth-order valence-corrected chi connectivity index (χ4v) is 2.16. The van der Waals surface area contributed by atoms with Gasteiger partial charge in [0.05, 0.1) is 5.02 Å². The number of halogens is 1. The number of nitrogens with zero attached hydrogens (tertiary/aromatic N) is 2. The van der Waals surface area contributed by atoms with Crippen LogP contribution in [0.4, 0.5) is 5.82 Å². The van der Waals surface area contributed by atoms with Gasteiger partial charge in [-0.1, -0.05) is 25.4 Å². The summed E-state index contributed by atoms with van der Waals surface area (Å²) in [5.41, 5.74) is 1.14. The van der Waals surface area contributed by atoms with Crippen molar-refractivity contribution in [2.75, 3.05) is 11.9 Å². The van der Waals surface area contributed by atoms with Crippen LogP contribution in [-0.2, 0) is 6.54 Å². The number of rotatable bonds is 6. The highest BCUT2D eigenvalue weighted by Gasteiger charge is 2.21. The van der Waals surface area contributed by atoms with Crippen LogP contribution in [0.25, 0.3) is 0 Å². The molecule has 0 radical (unpaired) electrons. The van der Waals surface area contributed by atoms with Crippen molar-refractivity contribution < 1.29 is 0 Å². The molecule has 0 amide bonds. The lowest BCUT2D eigenvalue weighted by Gasteiger charge is -2.29. The normalized spacial score (nSPS) is 16.7. The van der Waals surface area contributed by atoms with Crippen molar-refractivity contribution >= 4 is 17.4 Å². The minimum atomic E-state index is 0.456. The molecular weight excluding hydrogens is 258 g/mol. The van der Waals surface area contributed by atoms with Crippen molar-refractivity contribution in [2.24, 2.45) is 5.92 Å². The fraction of sp³-hybridized carbons (Fsp3) is 0.667. The van der Waals surface area contributed by atoms with Gasteiger partial charge in [0, 0.05) is 31.9 Å². The van der Waals surface area contributed by atoms with Gasteiger partial charge in [-0.3, -0.25) is 0 Å². The molecule has 0 spiro atoms. The van der Waals surface area contributed by atoms with Crippen molar-refractivity contribution in [1.82, 2.24) is 10.3 Å². The van der Waals surface area contributed by atoms with Crippen molar-refractivity contribution in [3.63, 3.8) is 0 Å². The van der Waals surface area contributed by atoms with Gasteiger partial charge in [-0.2, -0.15) is 0 Å². The van der Waals surface area contributed by atoms with Gasteiger partial charge in [0.15, 0.2) is 0 Å². The van der Waals surface area contributed by atoms with Crippen molar-refractivity contribution in [1.29, 1.82) is 0 Å². The van der Waals surface area contributed by atoms with Gasteiger partial charge in [-0.05, 0) is 37.3 Å². The van der Waals surface area contributed by atoms with E-state index in [2.05, 4.69) is 49.1 Å². The van der Waals surface area contributed by atoms with Crippen LogP contribution in [0.15, 0.2) is 12.3 Å². The van der Waals surface area contributed by atoms with Gasteiger partial charge >= 0.3 is 0 Å². The highest BCUT2D eigenvalue weighted by atomic mass is 35.5. The van der Waals surface area contributed by atoms with Crippen LogP contribution in [-0.4, -0.2) is 24.1 Å². The van der Waals surface area contributed by atoms with E-state index >= 15 is 0 Å². The molecule has 1 unspecified atom stereocenters. The lowest BCUT2D eigenvalue weighted by atomic mass is 10.1. The Hall–Kier alpha value is -0.800. The van der Waals surface area contributed by atoms with E-state index in [4.69, 9.17) is 11.6 Å². The van der Waals surface area contributed by atoms with Crippen LogP contribution in [0, 0.1) is 5.92 Å². The zero-order valence-electron chi connectivity index (χ0n) is 12.3. The Morgan fingerprint density at radius 1 is 1.42 bits per heavy atom. The smallest absolute Gasteiger partial charge is 0.128 e. The van der Waals surface area contributed by atoms with E-state index < -0.39 is 0 Å². The third kappa shape index (κ3) is 3.83. The third-order valence-electron chi connectivity index (χ3n) is 4.02. The zero-order valence-corrected chi connectivity index (χ0v) is 13.0. The molecule has 0 bridgehead atoms. The molecule has 0 aliphatic heterocycles. The Morgan fingerprint density at radius 2 is 2.11 bits per heavy atom. The van der Waals surface area contributed by atoms with E-state index in [0.29, 0.717) is 18.0 Å². The third-order valence-corrected chi connectivity index (χ3v) is 4.36. The first-order chi connectivity index (χ1) is 8.99. The molecule has 1 aliphatic carbocycles. The maximum atomic E-state index is 6.23. The number of hydrogen-bond acceptors (Lipinski definition) is 3. The minimum Gasteiger partial charge on any atom is -0.357 e. The van der Waals surface area contributed by atoms with Crippen molar-refractivity contribution in [3.8, 4) is 0 Å². The first-order valence-electron chi connectivity index (χ1n) is 7.09. The molecule has 0 aromatic carbocycles. The van der Waals surface area contributed by atoms with Crippen LogP contribution in [0.1, 0.15) is 39.2 Å². The molecule has 1 heterocycles.